The molecule has 1 aliphatic heterocycles. The third-order valence-electron chi connectivity index (χ3n) is 3.40. The number of rotatable bonds is 2. The van der Waals surface area contributed by atoms with Crippen molar-refractivity contribution >= 4 is 33.3 Å². The average Bonchev–Trinajstić information content (AvgIpc) is 2.37. The van der Waals surface area contributed by atoms with E-state index in [-0.39, 0.29) is 12.3 Å². The zero-order chi connectivity index (χ0) is 15.8. The van der Waals surface area contributed by atoms with E-state index >= 15 is 0 Å². The summed E-state index contributed by atoms with van der Waals surface area (Å²) in [5, 5.41) is 9.64. The molecular formula is C13H14ClNO5S. The van der Waals surface area contributed by atoms with Crippen LogP contribution in [0.25, 0.3) is 0 Å². The monoisotopic (exact) mass is 331 g/mol. The highest BCUT2D eigenvalue weighted by molar-refractivity contribution is 7.91. The van der Waals surface area contributed by atoms with Crippen LogP contribution in [0, 0.1) is 6.92 Å². The highest BCUT2D eigenvalue weighted by atomic mass is 35.5. The summed E-state index contributed by atoms with van der Waals surface area (Å²) < 4.78 is 23.1. The maximum absolute atomic E-state index is 12.5. The number of carbonyl (C=O) groups is 2. The number of benzene rings is 1. The van der Waals surface area contributed by atoms with Gasteiger partial charge in [-0.05, 0) is 30.7 Å². The van der Waals surface area contributed by atoms with Gasteiger partial charge in [-0.2, -0.15) is 0 Å². The zero-order valence-corrected chi connectivity index (χ0v) is 12.8. The Morgan fingerprint density at radius 1 is 1.38 bits per heavy atom. The molecule has 114 valence electrons. The Hall–Kier alpha value is -1.60. The molecule has 0 bridgehead atoms. The number of carboxylic acid groups (broad SMARTS) is 1. The summed E-state index contributed by atoms with van der Waals surface area (Å²) in [5.41, 5.74) is 0.940. The van der Waals surface area contributed by atoms with Gasteiger partial charge in [0.2, 0.25) is 0 Å². The van der Waals surface area contributed by atoms with Crippen LogP contribution in [-0.4, -0.2) is 54.4 Å². The number of aliphatic carboxylic acids is 1. The van der Waals surface area contributed by atoms with Crippen LogP contribution in [0.1, 0.15) is 15.9 Å². The van der Waals surface area contributed by atoms with E-state index in [4.69, 9.17) is 11.6 Å². The third-order valence-corrected chi connectivity index (χ3v) is 5.26. The zero-order valence-electron chi connectivity index (χ0n) is 11.2. The summed E-state index contributed by atoms with van der Waals surface area (Å²) in [5.74, 6) is -2.60. The fourth-order valence-electron chi connectivity index (χ4n) is 2.28. The van der Waals surface area contributed by atoms with Gasteiger partial charge < -0.3 is 10.0 Å². The minimum Gasteiger partial charge on any atom is -0.480 e. The molecule has 6 nitrogen and oxygen atoms in total. The van der Waals surface area contributed by atoms with Crippen molar-refractivity contribution < 1.29 is 23.1 Å². The van der Waals surface area contributed by atoms with E-state index < -0.39 is 33.5 Å². The lowest BCUT2D eigenvalue weighted by atomic mass is 10.1. The van der Waals surface area contributed by atoms with Crippen LogP contribution in [0.4, 0.5) is 0 Å². The first-order valence-corrected chi connectivity index (χ1v) is 8.41. The SMILES string of the molecule is Cc1cc(Cl)ccc1C(=O)N1CCS(=O)(=O)CC1C(=O)O. The minimum atomic E-state index is -3.44. The summed E-state index contributed by atoms with van der Waals surface area (Å²) >= 11 is 5.83. The lowest BCUT2D eigenvalue weighted by molar-refractivity contribution is -0.141. The Kier molecular flexibility index (Phi) is 4.25. The first-order valence-electron chi connectivity index (χ1n) is 6.21. The summed E-state index contributed by atoms with van der Waals surface area (Å²) in [6.45, 7) is 1.57. The molecule has 0 aliphatic carbocycles. The molecule has 0 spiro atoms. The molecule has 1 fully saturated rings. The average molecular weight is 332 g/mol. The van der Waals surface area contributed by atoms with E-state index in [9.17, 15) is 23.1 Å². The quantitative estimate of drug-likeness (QED) is 0.872. The molecule has 1 saturated heterocycles. The number of hydrogen-bond acceptors (Lipinski definition) is 4. The van der Waals surface area contributed by atoms with Crippen molar-refractivity contribution in [3.05, 3.63) is 34.3 Å². The van der Waals surface area contributed by atoms with Gasteiger partial charge >= 0.3 is 5.97 Å². The lowest BCUT2D eigenvalue weighted by Gasteiger charge is -2.33. The van der Waals surface area contributed by atoms with Gasteiger partial charge in [0, 0.05) is 17.1 Å². The summed E-state index contributed by atoms with van der Waals surface area (Å²) in [7, 11) is -3.44. The van der Waals surface area contributed by atoms with E-state index in [2.05, 4.69) is 0 Å². The fraction of sp³-hybridized carbons (Fsp3) is 0.385. The molecule has 1 aromatic carbocycles. The molecule has 0 saturated carbocycles. The highest BCUT2D eigenvalue weighted by Gasteiger charge is 2.39. The Balaban J connectivity index is 2.35. The number of aryl methyl sites for hydroxylation is 1. The van der Waals surface area contributed by atoms with Gasteiger partial charge in [-0.1, -0.05) is 11.6 Å². The van der Waals surface area contributed by atoms with Crippen molar-refractivity contribution in [1.82, 2.24) is 4.90 Å². The van der Waals surface area contributed by atoms with Crippen LogP contribution in [0.3, 0.4) is 0 Å². The fourth-order valence-corrected chi connectivity index (χ4v) is 3.95. The molecule has 21 heavy (non-hydrogen) atoms. The second-order valence-corrected chi connectivity index (χ2v) is 7.59. The van der Waals surface area contributed by atoms with Crippen LogP contribution >= 0.6 is 11.6 Å². The number of nitrogens with zero attached hydrogens (tertiary/aromatic N) is 1. The maximum atomic E-state index is 12.5. The van der Waals surface area contributed by atoms with Crippen molar-refractivity contribution in [2.24, 2.45) is 0 Å². The summed E-state index contributed by atoms with van der Waals surface area (Å²) in [6, 6.07) is 3.30. The van der Waals surface area contributed by atoms with Gasteiger partial charge in [-0.25, -0.2) is 13.2 Å². The second kappa shape index (κ2) is 5.65. The van der Waals surface area contributed by atoms with E-state index in [1.165, 1.54) is 12.1 Å². The van der Waals surface area contributed by atoms with Gasteiger partial charge in [0.1, 0.15) is 6.04 Å². The Labute approximate surface area is 127 Å². The van der Waals surface area contributed by atoms with Crippen LogP contribution in [0.2, 0.25) is 5.02 Å². The minimum absolute atomic E-state index is 0.125. The first-order chi connectivity index (χ1) is 9.71. The smallest absolute Gasteiger partial charge is 0.327 e. The van der Waals surface area contributed by atoms with E-state index in [0.717, 1.165) is 4.90 Å². The number of carbonyl (C=O) groups excluding carboxylic acids is 1. The van der Waals surface area contributed by atoms with Crippen molar-refractivity contribution in [3.63, 3.8) is 0 Å². The predicted molar refractivity (Wildman–Crippen MR) is 77.3 cm³/mol. The van der Waals surface area contributed by atoms with Gasteiger partial charge in [-0.3, -0.25) is 4.79 Å². The summed E-state index contributed by atoms with van der Waals surface area (Å²) in [6.07, 6.45) is 0. The van der Waals surface area contributed by atoms with Crippen LogP contribution in [0.15, 0.2) is 18.2 Å². The van der Waals surface area contributed by atoms with Gasteiger partial charge in [0.25, 0.3) is 5.91 Å². The second-order valence-electron chi connectivity index (χ2n) is 4.93. The molecule has 1 aromatic rings. The third kappa shape index (κ3) is 3.36. The molecule has 2 rings (SSSR count). The van der Waals surface area contributed by atoms with E-state index in [1.54, 1.807) is 13.0 Å². The molecule has 8 heteroatoms. The molecule has 1 unspecified atom stereocenters. The maximum Gasteiger partial charge on any atom is 0.327 e. The number of sulfone groups is 1. The molecule has 0 aromatic heterocycles. The van der Waals surface area contributed by atoms with Crippen LogP contribution in [-0.2, 0) is 14.6 Å². The molecule has 0 radical (unpaired) electrons. The topological polar surface area (TPSA) is 91.8 Å². The number of halogens is 1. The van der Waals surface area contributed by atoms with Crippen LogP contribution < -0.4 is 0 Å². The Morgan fingerprint density at radius 3 is 2.62 bits per heavy atom. The molecule has 1 amide bonds. The number of amides is 1. The van der Waals surface area contributed by atoms with Crippen molar-refractivity contribution in [3.8, 4) is 0 Å². The lowest BCUT2D eigenvalue weighted by Crippen LogP contribution is -2.54. The standard InChI is InChI=1S/C13H14ClNO5S/c1-8-6-9(14)2-3-10(8)12(16)15-4-5-21(19,20)7-11(15)13(17)18/h2-3,6,11H,4-5,7H2,1H3,(H,17,18). The molecular weight excluding hydrogens is 318 g/mol. The van der Waals surface area contributed by atoms with Crippen molar-refractivity contribution in [2.75, 3.05) is 18.1 Å². The number of carboxylic acids is 1. The van der Waals surface area contributed by atoms with Gasteiger partial charge in [0.15, 0.2) is 9.84 Å². The van der Waals surface area contributed by atoms with Crippen molar-refractivity contribution in [2.45, 2.75) is 13.0 Å². The largest absolute Gasteiger partial charge is 0.480 e. The van der Waals surface area contributed by atoms with Gasteiger partial charge in [-0.15, -0.1) is 0 Å². The number of hydrogen-bond donors (Lipinski definition) is 1. The van der Waals surface area contributed by atoms with Crippen molar-refractivity contribution in [1.29, 1.82) is 0 Å². The predicted octanol–water partition coefficient (Wildman–Crippen LogP) is 0.972. The van der Waals surface area contributed by atoms with E-state index in [0.29, 0.717) is 16.1 Å². The van der Waals surface area contributed by atoms with Gasteiger partial charge in [0.05, 0.1) is 11.5 Å². The Morgan fingerprint density at radius 2 is 2.05 bits per heavy atom. The first kappa shape index (κ1) is 15.8. The molecule has 1 aliphatic rings. The summed E-state index contributed by atoms with van der Waals surface area (Å²) in [4.78, 5) is 24.8. The highest BCUT2D eigenvalue weighted by Crippen LogP contribution is 2.20. The molecule has 1 heterocycles. The molecule has 1 N–H and O–H groups in total. The normalized spacial score (nSPS) is 21.0. The van der Waals surface area contributed by atoms with E-state index in [1.807, 2.05) is 0 Å². The molecule has 1 atom stereocenters. The van der Waals surface area contributed by atoms with Crippen LogP contribution in [0.5, 0.6) is 0 Å². The Bertz CT molecular complexity index is 701.